The largest absolute Gasteiger partial charge is 0.465 e. The zero-order chi connectivity index (χ0) is 31.5. The fraction of sp³-hybridized carbons (Fsp3) is 0.300. The first-order valence-electron chi connectivity index (χ1n) is 13.2. The standard InChI is InChI=1S/C30H29Cl2FN2O8/c1-18(21-11-14-23(24(33)16-21)19-6-3-2-4-7-19)30(39)42-15-5-8-26(37)43-27(25(17-36)34-29(38)28(31)32)20-9-12-22(13-10-20)35(40)41/h2-4,6-7,9-14,16,18,25,27-28,36H,5,8,15,17H2,1H3,(H,34,38). The highest BCUT2D eigenvalue weighted by Crippen LogP contribution is 2.28. The second-order valence-corrected chi connectivity index (χ2v) is 10.6. The maximum absolute atomic E-state index is 14.7. The molecule has 3 aromatic carbocycles. The summed E-state index contributed by atoms with van der Waals surface area (Å²) in [5.41, 5.74) is 1.58. The maximum Gasteiger partial charge on any atom is 0.313 e. The highest BCUT2D eigenvalue weighted by Gasteiger charge is 2.30. The Labute approximate surface area is 256 Å². The molecule has 10 nitrogen and oxygen atoms in total. The number of non-ortho nitro benzene ring substituents is 1. The number of nitrogens with zero attached hydrogens (tertiary/aromatic N) is 1. The molecule has 3 unspecified atom stereocenters. The number of halogens is 3. The van der Waals surface area contributed by atoms with Crippen molar-refractivity contribution < 1.29 is 38.3 Å². The Morgan fingerprint density at radius 3 is 2.26 bits per heavy atom. The van der Waals surface area contributed by atoms with Crippen LogP contribution in [0, 0.1) is 15.9 Å². The minimum Gasteiger partial charge on any atom is -0.465 e. The summed E-state index contributed by atoms with van der Waals surface area (Å²) in [6.07, 6.45) is -1.37. The third-order valence-corrected chi connectivity index (χ3v) is 6.88. The van der Waals surface area contributed by atoms with E-state index in [1.54, 1.807) is 43.3 Å². The van der Waals surface area contributed by atoms with Crippen LogP contribution in [0.25, 0.3) is 11.1 Å². The lowest BCUT2D eigenvalue weighted by Gasteiger charge is -2.27. The summed E-state index contributed by atoms with van der Waals surface area (Å²) >= 11 is 11.2. The van der Waals surface area contributed by atoms with E-state index in [0.717, 1.165) is 0 Å². The smallest absolute Gasteiger partial charge is 0.313 e. The molecule has 3 rings (SSSR count). The zero-order valence-corrected chi connectivity index (χ0v) is 24.5. The molecule has 0 aliphatic carbocycles. The fourth-order valence-electron chi connectivity index (χ4n) is 4.13. The Morgan fingerprint density at radius 2 is 1.67 bits per heavy atom. The number of alkyl halides is 2. The molecule has 0 aromatic heterocycles. The lowest BCUT2D eigenvalue weighted by atomic mass is 9.97. The van der Waals surface area contributed by atoms with Crippen LogP contribution in [0.15, 0.2) is 72.8 Å². The van der Waals surface area contributed by atoms with E-state index in [9.17, 15) is 34.0 Å². The van der Waals surface area contributed by atoms with E-state index in [1.807, 2.05) is 6.07 Å². The number of nitro groups is 1. The number of rotatable bonds is 14. The van der Waals surface area contributed by atoms with E-state index in [4.69, 9.17) is 32.7 Å². The quantitative estimate of drug-likeness (QED) is 0.0789. The van der Waals surface area contributed by atoms with E-state index in [-0.39, 0.29) is 30.7 Å². The van der Waals surface area contributed by atoms with Gasteiger partial charge < -0.3 is 19.9 Å². The van der Waals surface area contributed by atoms with Crippen molar-refractivity contribution in [2.45, 2.75) is 42.7 Å². The maximum atomic E-state index is 14.7. The van der Waals surface area contributed by atoms with Crippen LogP contribution in [0.2, 0.25) is 0 Å². The van der Waals surface area contributed by atoms with Crippen LogP contribution in [-0.2, 0) is 23.9 Å². The molecule has 0 heterocycles. The molecule has 0 bridgehead atoms. The van der Waals surface area contributed by atoms with E-state index in [1.165, 1.54) is 30.3 Å². The van der Waals surface area contributed by atoms with Crippen molar-refractivity contribution in [2.24, 2.45) is 0 Å². The van der Waals surface area contributed by atoms with Crippen LogP contribution in [0.5, 0.6) is 0 Å². The Morgan fingerprint density at radius 1 is 1.02 bits per heavy atom. The predicted octanol–water partition coefficient (Wildman–Crippen LogP) is 5.39. The van der Waals surface area contributed by atoms with Crippen molar-refractivity contribution in [3.63, 3.8) is 0 Å². The van der Waals surface area contributed by atoms with Crippen LogP contribution >= 0.6 is 23.2 Å². The van der Waals surface area contributed by atoms with Crippen molar-refractivity contribution in [3.05, 3.63) is 99.9 Å². The summed E-state index contributed by atoms with van der Waals surface area (Å²) in [5, 5.41) is 23.3. The summed E-state index contributed by atoms with van der Waals surface area (Å²) in [5.74, 6) is -3.45. The van der Waals surface area contributed by atoms with E-state index >= 15 is 0 Å². The molecular weight excluding hydrogens is 606 g/mol. The molecule has 0 aliphatic rings. The molecule has 3 atom stereocenters. The number of carbonyl (C=O) groups excluding carboxylic acids is 3. The van der Waals surface area contributed by atoms with E-state index in [2.05, 4.69) is 5.32 Å². The number of benzene rings is 3. The second kappa shape index (κ2) is 16.0. The number of carbonyl (C=O) groups is 3. The number of ether oxygens (including phenoxy) is 2. The summed E-state index contributed by atoms with van der Waals surface area (Å²) in [6.45, 7) is 0.771. The molecule has 0 aliphatic heterocycles. The fourth-order valence-corrected chi connectivity index (χ4v) is 4.26. The number of aliphatic hydroxyl groups is 1. The highest BCUT2D eigenvalue weighted by atomic mass is 35.5. The van der Waals surface area contributed by atoms with E-state index in [0.29, 0.717) is 16.7 Å². The van der Waals surface area contributed by atoms with Gasteiger partial charge in [-0.05, 0) is 48.2 Å². The number of esters is 2. The molecule has 0 radical (unpaired) electrons. The predicted molar refractivity (Wildman–Crippen MR) is 157 cm³/mol. The Bertz CT molecular complexity index is 1420. The number of nitrogens with one attached hydrogen (secondary N) is 1. The van der Waals surface area contributed by atoms with Crippen LogP contribution in [0.4, 0.5) is 10.1 Å². The monoisotopic (exact) mass is 634 g/mol. The van der Waals surface area contributed by atoms with Crippen molar-refractivity contribution in [2.75, 3.05) is 13.2 Å². The zero-order valence-electron chi connectivity index (χ0n) is 23.0. The summed E-state index contributed by atoms with van der Waals surface area (Å²) in [6, 6.07) is 17.4. The lowest BCUT2D eigenvalue weighted by molar-refractivity contribution is -0.384. The van der Waals surface area contributed by atoms with Gasteiger partial charge in [0.1, 0.15) is 11.9 Å². The van der Waals surface area contributed by atoms with Crippen LogP contribution in [0.3, 0.4) is 0 Å². The number of hydrogen-bond acceptors (Lipinski definition) is 8. The van der Waals surface area contributed by atoms with Gasteiger partial charge in [-0.2, -0.15) is 0 Å². The minimum atomic E-state index is -1.46. The van der Waals surface area contributed by atoms with Gasteiger partial charge in [0.25, 0.3) is 11.6 Å². The van der Waals surface area contributed by atoms with Crippen molar-refractivity contribution >= 4 is 46.7 Å². The van der Waals surface area contributed by atoms with Gasteiger partial charge >= 0.3 is 11.9 Å². The third-order valence-electron chi connectivity index (χ3n) is 6.48. The van der Waals surface area contributed by atoms with Gasteiger partial charge in [0.15, 0.2) is 4.84 Å². The molecule has 0 fully saturated rings. The topological polar surface area (TPSA) is 145 Å². The summed E-state index contributed by atoms with van der Waals surface area (Å²) in [7, 11) is 0. The molecule has 1 amide bonds. The molecular formula is C30H29Cl2FN2O8. The van der Waals surface area contributed by atoms with E-state index < -0.39 is 58.1 Å². The minimum absolute atomic E-state index is 0.0766. The van der Waals surface area contributed by atoms with Gasteiger partial charge in [0, 0.05) is 24.1 Å². The molecule has 13 heteroatoms. The first kappa shape index (κ1) is 33.4. The lowest BCUT2D eigenvalue weighted by Crippen LogP contribution is -2.45. The van der Waals surface area contributed by atoms with Gasteiger partial charge in [-0.15, -0.1) is 0 Å². The molecule has 43 heavy (non-hydrogen) atoms. The normalized spacial score (nSPS) is 13.1. The molecule has 0 spiro atoms. The Kier molecular flexibility index (Phi) is 12.4. The summed E-state index contributed by atoms with van der Waals surface area (Å²) < 4.78 is 25.5. The molecule has 0 saturated carbocycles. The van der Waals surface area contributed by atoms with Gasteiger partial charge in [-0.1, -0.05) is 65.7 Å². The first-order chi connectivity index (χ1) is 20.5. The Hall–Kier alpha value is -4.06. The van der Waals surface area contributed by atoms with Crippen molar-refractivity contribution in [1.29, 1.82) is 0 Å². The van der Waals surface area contributed by atoms with Gasteiger partial charge in [0.05, 0.1) is 30.1 Å². The third kappa shape index (κ3) is 9.47. The van der Waals surface area contributed by atoms with Crippen LogP contribution < -0.4 is 5.32 Å². The molecule has 228 valence electrons. The number of amides is 1. The van der Waals surface area contributed by atoms with Crippen molar-refractivity contribution in [1.82, 2.24) is 5.32 Å². The molecule has 0 saturated heterocycles. The first-order valence-corrected chi connectivity index (χ1v) is 14.0. The average molecular weight is 635 g/mol. The molecule has 3 aromatic rings. The number of aliphatic hydroxyl groups excluding tert-OH is 1. The van der Waals surface area contributed by atoms with Crippen molar-refractivity contribution in [3.8, 4) is 11.1 Å². The molecule has 2 N–H and O–H groups in total. The summed E-state index contributed by atoms with van der Waals surface area (Å²) in [4.78, 5) is 46.2. The highest BCUT2D eigenvalue weighted by molar-refractivity contribution is 6.53. The number of nitro benzene ring substituents is 1. The average Bonchev–Trinajstić information content (AvgIpc) is 3.00. The van der Waals surface area contributed by atoms with Crippen LogP contribution in [-0.4, -0.2) is 52.0 Å². The van der Waals surface area contributed by atoms with Gasteiger partial charge in [0.2, 0.25) is 0 Å². The Balaban J connectivity index is 1.58. The SMILES string of the molecule is CC(C(=O)OCCCC(=O)OC(c1ccc([N+](=O)[O-])cc1)C(CO)NC(=O)C(Cl)Cl)c1ccc(-c2ccccc2)c(F)c1. The van der Waals surface area contributed by atoms with Gasteiger partial charge in [-0.25, -0.2) is 4.39 Å². The second-order valence-electron chi connectivity index (χ2n) is 9.46. The van der Waals surface area contributed by atoms with Gasteiger partial charge in [-0.3, -0.25) is 24.5 Å². The van der Waals surface area contributed by atoms with Crippen LogP contribution in [0.1, 0.15) is 42.9 Å². The number of hydrogen-bond donors (Lipinski definition) is 2.